The first kappa shape index (κ1) is 24.1. The van der Waals surface area contributed by atoms with Gasteiger partial charge in [0.15, 0.2) is 16.7 Å². The second-order valence-corrected chi connectivity index (χ2v) is 8.96. The Hall–Kier alpha value is -2.52. The lowest BCUT2D eigenvalue weighted by Gasteiger charge is -2.39. The van der Waals surface area contributed by atoms with Crippen LogP contribution in [0.3, 0.4) is 0 Å². The minimum absolute atomic E-state index is 0.0821. The number of carbonyl (C=O) groups excluding carboxylic acids is 2. The van der Waals surface area contributed by atoms with E-state index in [2.05, 4.69) is 18.8 Å². The summed E-state index contributed by atoms with van der Waals surface area (Å²) in [6.45, 7) is 6.85. The number of fused-ring (bicyclic) bond motifs is 1. The van der Waals surface area contributed by atoms with Gasteiger partial charge in [-0.15, -0.1) is 0 Å². The fourth-order valence-corrected chi connectivity index (χ4v) is 4.51. The van der Waals surface area contributed by atoms with E-state index < -0.39 is 12.0 Å². The Morgan fingerprint density at radius 3 is 2.72 bits per heavy atom. The molecule has 0 bridgehead atoms. The van der Waals surface area contributed by atoms with Gasteiger partial charge in [-0.05, 0) is 30.5 Å². The van der Waals surface area contributed by atoms with E-state index in [0.29, 0.717) is 52.6 Å². The molecule has 1 fully saturated rings. The maximum absolute atomic E-state index is 13.0. The van der Waals surface area contributed by atoms with E-state index in [4.69, 9.17) is 18.9 Å². The topological polar surface area (TPSA) is 86.7 Å². The molecule has 0 aromatic heterocycles. The number of carbonyl (C=O) groups is 2. The average molecular weight is 463 g/mol. The lowest BCUT2D eigenvalue weighted by Crippen LogP contribution is -2.45. The van der Waals surface area contributed by atoms with Crippen LogP contribution in [0.1, 0.15) is 38.8 Å². The normalized spacial score (nSPS) is 18.4. The van der Waals surface area contributed by atoms with Gasteiger partial charge in [0.05, 0.1) is 37.6 Å². The van der Waals surface area contributed by atoms with E-state index in [1.165, 1.54) is 18.9 Å². The number of ether oxygens (including phenoxy) is 4. The van der Waals surface area contributed by atoms with Gasteiger partial charge < -0.3 is 18.9 Å². The Balaban J connectivity index is 2.03. The third kappa shape index (κ3) is 5.27. The number of rotatable bonds is 9. The highest BCUT2D eigenvalue weighted by molar-refractivity contribution is 8.14. The molecule has 3 rings (SSSR count). The van der Waals surface area contributed by atoms with Gasteiger partial charge in [-0.1, -0.05) is 31.7 Å². The molecular weight excluding hydrogens is 432 g/mol. The molecule has 2 heterocycles. The number of thioether (sulfide) groups is 1. The zero-order valence-electron chi connectivity index (χ0n) is 19.2. The van der Waals surface area contributed by atoms with Crippen LogP contribution >= 0.6 is 11.8 Å². The molecule has 2 aliphatic heterocycles. The SMILES string of the molecule is COCCOC(=O)C1=C(C)N=C2SCCC(=O)N2C1c1ccc(OCC(C)C)c(OC)c1. The molecule has 32 heavy (non-hydrogen) atoms. The van der Waals surface area contributed by atoms with Crippen molar-refractivity contribution in [2.24, 2.45) is 10.9 Å². The molecule has 1 aromatic rings. The summed E-state index contributed by atoms with van der Waals surface area (Å²) < 4.78 is 21.8. The van der Waals surface area contributed by atoms with E-state index in [9.17, 15) is 9.59 Å². The third-order valence-corrected chi connectivity index (χ3v) is 5.98. The van der Waals surface area contributed by atoms with Crippen molar-refractivity contribution in [1.82, 2.24) is 4.90 Å². The van der Waals surface area contributed by atoms with Gasteiger partial charge in [0.2, 0.25) is 5.91 Å². The van der Waals surface area contributed by atoms with E-state index in [1.807, 2.05) is 18.2 Å². The van der Waals surface area contributed by atoms with Crippen LogP contribution in [0.5, 0.6) is 11.5 Å². The number of amides is 1. The summed E-state index contributed by atoms with van der Waals surface area (Å²) in [4.78, 5) is 32.1. The van der Waals surface area contributed by atoms with Crippen LogP contribution in [-0.2, 0) is 19.1 Å². The molecule has 0 N–H and O–H groups in total. The monoisotopic (exact) mass is 462 g/mol. The Morgan fingerprint density at radius 2 is 2.03 bits per heavy atom. The minimum atomic E-state index is -0.661. The summed E-state index contributed by atoms with van der Waals surface area (Å²) in [6.07, 6.45) is 0.373. The molecule has 8 nitrogen and oxygen atoms in total. The fourth-order valence-electron chi connectivity index (χ4n) is 3.50. The number of hydrogen-bond acceptors (Lipinski definition) is 8. The number of amidine groups is 1. The third-order valence-electron chi connectivity index (χ3n) is 5.02. The molecule has 9 heteroatoms. The molecule has 0 saturated carbocycles. The smallest absolute Gasteiger partial charge is 0.338 e. The molecule has 1 unspecified atom stereocenters. The highest BCUT2D eigenvalue weighted by Gasteiger charge is 2.42. The van der Waals surface area contributed by atoms with Crippen LogP contribution < -0.4 is 9.47 Å². The Morgan fingerprint density at radius 1 is 1.25 bits per heavy atom. The molecule has 2 aliphatic rings. The van der Waals surface area contributed by atoms with Crippen molar-refractivity contribution >= 4 is 28.8 Å². The molecule has 0 aliphatic carbocycles. The lowest BCUT2D eigenvalue weighted by atomic mass is 9.93. The number of methoxy groups -OCH3 is 2. The molecule has 1 atom stereocenters. The highest BCUT2D eigenvalue weighted by Crippen LogP contribution is 2.42. The number of aliphatic imine (C=N–C) groups is 1. The molecule has 0 radical (unpaired) electrons. The Kier molecular flexibility index (Phi) is 8.20. The average Bonchev–Trinajstić information content (AvgIpc) is 2.76. The molecular formula is C23H30N2O6S. The molecule has 1 aromatic carbocycles. The quantitative estimate of drug-likeness (QED) is 0.410. The summed E-state index contributed by atoms with van der Waals surface area (Å²) in [7, 11) is 3.11. The Bertz CT molecular complexity index is 927. The molecule has 174 valence electrons. The predicted octanol–water partition coefficient (Wildman–Crippen LogP) is 3.57. The predicted molar refractivity (Wildman–Crippen MR) is 123 cm³/mol. The van der Waals surface area contributed by atoms with Gasteiger partial charge in [-0.25, -0.2) is 9.79 Å². The minimum Gasteiger partial charge on any atom is -0.493 e. The van der Waals surface area contributed by atoms with Crippen molar-refractivity contribution < 1.29 is 28.5 Å². The number of allylic oxidation sites excluding steroid dienone is 1. The Labute approximate surface area is 192 Å². The van der Waals surface area contributed by atoms with Crippen LogP contribution in [-0.4, -0.2) is 61.7 Å². The number of esters is 1. The summed E-state index contributed by atoms with van der Waals surface area (Å²) >= 11 is 1.51. The maximum atomic E-state index is 13.0. The van der Waals surface area contributed by atoms with E-state index in [0.717, 1.165) is 5.56 Å². The molecule has 1 saturated heterocycles. The van der Waals surface area contributed by atoms with Crippen LogP contribution in [0.4, 0.5) is 0 Å². The maximum Gasteiger partial charge on any atom is 0.338 e. The summed E-state index contributed by atoms with van der Waals surface area (Å²) in [6, 6.07) is 4.82. The first-order valence-corrected chi connectivity index (χ1v) is 11.6. The van der Waals surface area contributed by atoms with Gasteiger partial charge in [0.1, 0.15) is 6.61 Å². The van der Waals surface area contributed by atoms with Crippen molar-refractivity contribution in [2.45, 2.75) is 33.2 Å². The van der Waals surface area contributed by atoms with Crippen molar-refractivity contribution in [3.63, 3.8) is 0 Å². The van der Waals surface area contributed by atoms with Gasteiger partial charge >= 0.3 is 5.97 Å². The number of benzene rings is 1. The van der Waals surface area contributed by atoms with Crippen LogP contribution in [0.25, 0.3) is 0 Å². The van der Waals surface area contributed by atoms with Crippen LogP contribution in [0, 0.1) is 5.92 Å². The zero-order chi connectivity index (χ0) is 23.3. The van der Waals surface area contributed by atoms with Gasteiger partial charge in [-0.2, -0.15) is 0 Å². The lowest BCUT2D eigenvalue weighted by molar-refractivity contribution is -0.141. The largest absolute Gasteiger partial charge is 0.493 e. The standard InChI is InChI=1S/C23H30N2O6S/c1-14(2)13-31-17-7-6-16(12-18(17)29-5)21-20(22(27)30-10-9-28-4)15(3)24-23-25(21)19(26)8-11-32-23/h6-7,12,14,21H,8-11,13H2,1-5H3. The van der Waals surface area contributed by atoms with Gasteiger partial charge in [0.25, 0.3) is 0 Å². The van der Waals surface area contributed by atoms with E-state index in [1.54, 1.807) is 18.9 Å². The molecule has 0 spiro atoms. The highest BCUT2D eigenvalue weighted by atomic mass is 32.2. The zero-order valence-corrected chi connectivity index (χ0v) is 20.0. The van der Waals surface area contributed by atoms with Crippen molar-refractivity contribution in [3.8, 4) is 11.5 Å². The number of nitrogens with zero attached hydrogens (tertiary/aromatic N) is 2. The first-order valence-electron chi connectivity index (χ1n) is 10.6. The van der Waals surface area contributed by atoms with Crippen molar-refractivity contribution in [1.29, 1.82) is 0 Å². The summed E-state index contributed by atoms with van der Waals surface area (Å²) in [5.41, 5.74) is 1.59. The van der Waals surface area contributed by atoms with Crippen LogP contribution in [0.2, 0.25) is 0 Å². The van der Waals surface area contributed by atoms with Crippen LogP contribution in [0.15, 0.2) is 34.5 Å². The summed E-state index contributed by atoms with van der Waals surface area (Å²) in [5.74, 6) is 1.57. The fraction of sp³-hybridized carbons (Fsp3) is 0.522. The van der Waals surface area contributed by atoms with E-state index in [-0.39, 0.29) is 19.1 Å². The first-order chi connectivity index (χ1) is 15.4. The van der Waals surface area contributed by atoms with Gasteiger partial charge in [-0.3, -0.25) is 9.69 Å². The molecule has 1 amide bonds. The van der Waals surface area contributed by atoms with Gasteiger partial charge in [0, 0.05) is 19.3 Å². The second kappa shape index (κ2) is 10.9. The second-order valence-electron chi connectivity index (χ2n) is 7.90. The van der Waals surface area contributed by atoms with Crippen molar-refractivity contribution in [2.75, 3.05) is 39.8 Å². The van der Waals surface area contributed by atoms with E-state index >= 15 is 0 Å². The van der Waals surface area contributed by atoms with Crippen molar-refractivity contribution in [3.05, 3.63) is 35.0 Å². The number of hydrogen-bond donors (Lipinski definition) is 0. The summed E-state index contributed by atoms with van der Waals surface area (Å²) in [5, 5.41) is 0.594.